The van der Waals surface area contributed by atoms with Gasteiger partial charge in [0.15, 0.2) is 0 Å². The molecule has 0 saturated carbocycles. The zero-order valence-electron chi connectivity index (χ0n) is 21.5. The van der Waals surface area contributed by atoms with Gasteiger partial charge in [-0.3, -0.25) is 13.9 Å². The molecule has 0 spiro atoms. The Morgan fingerprint density at radius 2 is 1.57 bits per heavy atom. The van der Waals surface area contributed by atoms with Crippen LogP contribution in [-0.2, 0) is 31.6 Å². The average Bonchev–Trinajstić information content (AvgIpc) is 2.74. The SMILES string of the molecule is CC(C)NC(=O)C(C)N(Cc1ccccc1Cl)C(=O)CN(c1ccc(C(C)(C)C)cc1)S(C)(=O)=O. The minimum absolute atomic E-state index is 0.0613. The first-order valence-corrected chi connectivity index (χ1v) is 13.8. The summed E-state index contributed by atoms with van der Waals surface area (Å²) in [6, 6.07) is 13.2. The molecule has 35 heavy (non-hydrogen) atoms. The van der Waals surface area contributed by atoms with E-state index >= 15 is 0 Å². The van der Waals surface area contributed by atoms with Gasteiger partial charge in [-0.15, -0.1) is 0 Å². The number of carbonyl (C=O) groups excluding carboxylic acids is 2. The first-order valence-electron chi connectivity index (χ1n) is 11.5. The third kappa shape index (κ3) is 7.97. The molecule has 2 rings (SSSR count). The first kappa shape index (κ1) is 28.7. The Kier molecular flexibility index (Phi) is 9.36. The van der Waals surface area contributed by atoms with E-state index in [4.69, 9.17) is 11.6 Å². The molecular formula is C26H36ClN3O4S. The van der Waals surface area contributed by atoms with Crippen LogP contribution in [0.4, 0.5) is 5.69 Å². The van der Waals surface area contributed by atoms with Crippen molar-refractivity contribution in [2.45, 2.75) is 65.6 Å². The van der Waals surface area contributed by atoms with Crippen LogP contribution in [0, 0.1) is 0 Å². The molecular weight excluding hydrogens is 486 g/mol. The molecule has 1 atom stereocenters. The molecule has 0 heterocycles. The average molecular weight is 522 g/mol. The summed E-state index contributed by atoms with van der Waals surface area (Å²) in [5.74, 6) is -0.845. The van der Waals surface area contributed by atoms with Crippen molar-refractivity contribution in [3.8, 4) is 0 Å². The molecule has 0 radical (unpaired) electrons. The van der Waals surface area contributed by atoms with Gasteiger partial charge in [0.1, 0.15) is 12.6 Å². The summed E-state index contributed by atoms with van der Waals surface area (Å²) in [6.45, 7) is 11.1. The van der Waals surface area contributed by atoms with Crippen molar-refractivity contribution < 1.29 is 18.0 Å². The molecule has 7 nitrogen and oxygen atoms in total. The summed E-state index contributed by atoms with van der Waals surface area (Å²) in [5, 5.41) is 3.27. The number of halogens is 1. The summed E-state index contributed by atoms with van der Waals surface area (Å²) in [5.41, 5.74) is 1.98. The maximum atomic E-state index is 13.5. The van der Waals surface area contributed by atoms with Gasteiger partial charge in [0, 0.05) is 17.6 Å². The highest BCUT2D eigenvalue weighted by Gasteiger charge is 2.30. The molecule has 1 unspecified atom stereocenters. The Bertz CT molecular complexity index is 1140. The van der Waals surface area contributed by atoms with Crippen LogP contribution in [0.5, 0.6) is 0 Å². The standard InChI is InChI=1S/C26H36ClN3O4S/c1-18(2)28-25(32)19(3)29(16-20-10-8-9-11-23(20)27)24(31)17-30(35(7,33)34)22-14-12-21(13-15-22)26(4,5)6/h8-15,18-19H,16-17H2,1-7H3,(H,28,32). The van der Waals surface area contributed by atoms with Gasteiger partial charge in [-0.1, -0.05) is 62.7 Å². The smallest absolute Gasteiger partial charge is 0.244 e. The van der Waals surface area contributed by atoms with Crippen LogP contribution in [0.1, 0.15) is 52.7 Å². The molecule has 1 N–H and O–H groups in total. The number of anilines is 1. The van der Waals surface area contributed by atoms with E-state index in [0.29, 0.717) is 16.3 Å². The van der Waals surface area contributed by atoms with Crippen LogP contribution in [0.2, 0.25) is 5.02 Å². The minimum Gasteiger partial charge on any atom is -0.352 e. The van der Waals surface area contributed by atoms with Gasteiger partial charge in [-0.25, -0.2) is 8.42 Å². The lowest BCUT2D eigenvalue weighted by Crippen LogP contribution is -2.52. The normalized spacial score (nSPS) is 12.8. The van der Waals surface area contributed by atoms with E-state index in [0.717, 1.165) is 16.1 Å². The Balaban J connectivity index is 2.41. The van der Waals surface area contributed by atoms with Crippen molar-refractivity contribution in [2.24, 2.45) is 0 Å². The van der Waals surface area contributed by atoms with Crippen LogP contribution >= 0.6 is 11.6 Å². The maximum absolute atomic E-state index is 13.5. The molecule has 0 aliphatic heterocycles. The number of hydrogen-bond acceptors (Lipinski definition) is 4. The number of amides is 2. The summed E-state index contributed by atoms with van der Waals surface area (Å²) >= 11 is 6.32. The monoisotopic (exact) mass is 521 g/mol. The van der Waals surface area contributed by atoms with Gasteiger partial charge in [-0.2, -0.15) is 0 Å². The predicted molar refractivity (Wildman–Crippen MR) is 142 cm³/mol. The molecule has 0 aromatic heterocycles. The lowest BCUT2D eigenvalue weighted by molar-refractivity contribution is -0.139. The number of hydrogen-bond donors (Lipinski definition) is 1. The zero-order chi connectivity index (χ0) is 26.6. The van der Waals surface area contributed by atoms with Gasteiger partial charge in [0.2, 0.25) is 21.8 Å². The van der Waals surface area contributed by atoms with E-state index in [-0.39, 0.29) is 23.9 Å². The van der Waals surface area contributed by atoms with E-state index in [1.165, 1.54) is 4.90 Å². The molecule has 2 aromatic rings. The fourth-order valence-electron chi connectivity index (χ4n) is 3.54. The Morgan fingerprint density at radius 3 is 2.06 bits per heavy atom. The second-order valence-electron chi connectivity index (χ2n) is 10.0. The molecule has 9 heteroatoms. The van der Waals surface area contributed by atoms with Crippen molar-refractivity contribution in [1.29, 1.82) is 0 Å². The highest BCUT2D eigenvalue weighted by molar-refractivity contribution is 7.92. The predicted octanol–water partition coefficient (Wildman–Crippen LogP) is 4.35. The van der Waals surface area contributed by atoms with Crippen molar-refractivity contribution >= 4 is 39.1 Å². The van der Waals surface area contributed by atoms with E-state index in [1.54, 1.807) is 43.3 Å². The molecule has 2 amide bonds. The highest BCUT2D eigenvalue weighted by Crippen LogP contribution is 2.26. The maximum Gasteiger partial charge on any atom is 0.244 e. The summed E-state index contributed by atoms with van der Waals surface area (Å²) < 4.78 is 26.4. The van der Waals surface area contributed by atoms with Crippen LogP contribution in [0.15, 0.2) is 48.5 Å². The van der Waals surface area contributed by atoms with Crippen LogP contribution in [0.3, 0.4) is 0 Å². The van der Waals surface area contributed by atoms with Crippen LogP contribution in [-0.4, -0.2) is 50.0 Å². The number of carbonyl (C=O) groups is 2. The number of rotatable bonds is 9. The largest absolute Gasteiger partial charge is 0.352 e. The number of sulfonamides is 1. The second-order valence-corrected chi connectivity index (χ2v) is 12.3. The molecule has 2 aromatic carbocycles. The minimum atomic E-state index is -3.78. The van der Waals surface area contributed by atoms with Crippen molar-refractivity contribution in [3.63, 3.8) is 0 Å². The van der Waals surface area contributed by atoms with E-state index in [2.05, 4.69) is 26.1 Å². The van der Waals surface area contributed by atoms with Gasteiger partial charge < -0.3 is 10.2 Å². The Morgan fingerprint density at radius 1 is 1.00 bits per heavy atom. The Hall–Kier alpha value is -2.58. The zero-order valence-corrected chi connectivity index (χ0v) is 23.1. The van der Waals surface area contributed by atoms with Gasteiger partial charge in [0.25, 0.3) is 0 Å². The van der Waals surface area contributed by atoms with Gasteiger partial charge in [0.05, 0.1) is 11.9 Å². The van der Waals surface area contributed by atoms with Crippen molar-refractivity contribution in [2.75, 3.05) is 17.1 Å². The molecule has 0 fully saturated rings. The first-order chi connectivity index (χ1) is 16.1. The second kappa shape index (κ2) is 11.4. The summed E-state index contributed by atoms with van der Waals surface area (Å²) in [6.07, 6.45) is 1.06. The van der Waals surface area contributed by atoms with Crippen molar-refractivity contribution in [1.82, 2.24) is 10.2 Å². The molecule has 0 aliphatic carbocycles. The summed E-state index contributed by atoms with van der Waals surface area (Å²) in [7, 11) is -3.78. The fourth-order valence-corrected chi connectivity index (χ4v) is 4.58. The van der Waals surface area contributed by atoms with E-state index in [9.17, 15) is 18.0 Å². The quantitative estimate of drug-likeness (QED) is 0.531. The third-order valence-corrected chi connectivity index (χ3v) is 7.11. The molecule has 0 bridgehead atoms. The number of nitrogens with zero attached hydrogens (tertiary/aromatic N) is 2. The highest BCUT2D eigenvalue weighted by atomic mass is 35.5. The van der Waals surface area contributed by atoms with Crippen molar-refractivity contribution in [3.05, 3.63) is 64.7 Å². The van der Waals surface area contributed by atoms with Gasteiger partial charge >= 0.3 is 0 Å². The van der Waals surface area contributed by atoms with Crippen LogP contribution < -0.4 is 9.62 Å². The molecule has 192 valence electrons. The Labute approximate surface area is 214 Å². The topological polar surface area (TPSA) is 86.8 Å². The molecule has 0 saturated heterocycles. The van der Waals surface area contributed by atoms with E-state index in [1.807, 2.05) is 26.0 Å². The lowest BCUT2D eigenvalue weighted by Gasteiger charge is -2.32. The summed E-state index contributed by atoms with van der Waals surface area (Å²) in [4.78, 5) is 27.7. The number of nitrogens with one attached hydrogen (secondary N) is 1. The lowest BCUT2D eigenvalue weighted by atomic mass is 9.87. The number of benzene rings is 2. The van der Waals surface area contributed by atoms with Crippen LogP contribution in [0.25, 0.3) is 0 Å². The third-order valence-electron chi connectivity index (χ3n) is 5.60. The molecule has 0 aliphatic rings. The fraction of sp³-hybridized carbons (Fsp3) is 0.462. The van der Waals surface area contributed by atoms with Gasteiger partial charge in [-0.05, 0) is 55.5 Å². The van der Waals surface area contributed by atoms with E-state index < -0.39 is 28.5 Å².